The molecule has 2 aliphatic rings. The van der Waals surface area contributed by atoms with Gasteiger partial charge in [0.15, 0.2) is 0 Å². The van der Waals surface area contributed by atoms with E-state index < -0.39 is 0 Å². The van der Waals surface area contributed by atoms with Crippen LogP contribution in [0.2, 0.25) is 0 Å². The zero-order chi connectivity index (χ0) is 8.77. The van der Waals surface area contributed by atoms with E-state index in [1.807, 2.05) is 0 Å². The minimum absolute atomic E-state index is 0.184. The Bertz CT molecular complexity index is 213. The summed E-state index contributed by atoms with van der Waals surface area (Å²) in [5.41, 5.74) is 0.400. The molecule has 68 valence electrons. The molecule has 2 rings (SSSR count). The van der Waals surface area contributed by atoms with Crippen LogP contribution in [0.1, 0.15) is 20.3 Å². The van der Waals surface area contributed by atoms with Gasteiger partial charge < -0.3 is 5.32 Å². The summed E-state index contributed by atoms with van der Waals surface area (Å²) in [6.45, 7) is 7.08. The molecule has 2 heterocycles. The second kappa shape index (κ2) is 2.46. The summed E-state index contributed by atoms with van der Waals surface area (Å²) in [7, 11) is 0. The molecule has 0 spiro atoms. The number of carbonyl (C=O) groups excluding carboxylic acids is 1. The van der Waals surface area contributed by atoms with Gasteiger partial charge in [-0.25, -0.2) is 0 Å². The monoisotopic (exact) mass is 168 g/mol. The summed E-state index contributed by atoms with van der Waals surface area (Å²) in [6.07, 6.45) is 1.22. The average molecular weight is 168 g/mol. The summed E-state index contributed by atoms with van der Waals surface area (Å²) >= 11 is 0. The minimum atomic E-state index is 0.184. The molecule has 1 amide bonds. The third kappa shape index (κ3) is 1.33. The van der Waals surface area contributed by atoms with Crippen LogP contribution in [0.15, 0.2) is 0 Å². The van der Waals surface area contributed by atoms with Crippen LogP contribution in [0.25, 0.3) is 0 Å². The fraction of sp³-hybridized carbons (Fsp3) is 0.889. The zero-order valence-electron chi connectivity index (χ0n) is 7.76. The fourth-order valence-electron chi connectivity index (χ4n) is 2.37. The lowest BCUT2D eigenvalue weighted by Crippen LogP contribution is -2.51. The Labute approximate surface area is 73.1 Å². The second-order valence-electron chi connectivity index (χ2n) is 4.73. The van der Waals surface area contributed by atoms with E-state index in [1.54, 1.807) is 0 Å². The van der Waals surface area contributed by atoms with Gasteiger partial charge in [-0.15, -0.1) is 0 Å². The van der Waals surface area contributed by atoms with Crippen molar-refractivity contribution in [1.82, 2.24) is 10.2 Å². The molecule has 2 saturated heterocycles. The van der Waals surface area contributed by atoms with E-state index in [0.29, 0.717) is 18.0 Å². The first-order chi connectivity index (χ1) is 5.57. The summed E-state index contributed by atoms with van der Waals surface area (Å²) in [6, 6.07) is 0.595. The highest BCUT2D eigenvalue weighted by atomic mass is 16.2. The Balaban J connectivity index is 2.07. The lowest BCUT2D eigenvalue weighted by molar-refractivity contribution is -0.124. The number of hydrogen-bond acceptors (Lipinski definition) is 2. The van der Waals surface area contributed by atoms with Crippen LogP contribution < -0.4 is 5.32 Å². The molecule has 0 aromatic rings. The zero-order valence-corrected chi connectivity index (χ0v) is 7.76. The van der Waals surface area contributed by atoms with Gasteiger partial charge in [-0.3, -0.25) is 9.69 Å². The first-order valence-corrected chi connectivity index (χ1v) is 4.58. The van der Waals surface area contributed by atoms with Gasteiger partial charge in [0.05, 0.1) is 6.54 Å². The molecule has 0 aliphatic carbocycles. The molecule has 3 heteroatoms. The number of nitrogens with zero attached hydrogens (tertiary/aromatic N) is 1. The Morgan fingerprint density at radius 1 is 1.58 bits per heavy atom. The molecule has 0 saturated carbocycles. The van der Waals surface area contributed by atoms with Gasteiger partial charge in [-0.05, 0) is 11.8 Å². The molecule has 2 aliphatic heterocycles. The maximum absolute atomic E-state index is 11.1. The highest BCUT2D eigenvalue weighted by Gasteiger charge is 2.40. The van der Waals surface area contributed by atoms with Crippen molar-refractivity contribution in [2.75, 3.05) is 19.6 Å². The van der Waals surface area contributed by atoms with Crippen molar-refractivity contribution in [1.29, 1.82) is 0 Å². The second-order valence-corrected chi connectivity index (χ2v) is 4.73. The molecule has 1 N–H and O–H groups in total. The van der Waals surface area contributed by atoms with Crippen LogP contribution in [-0.4, -0.2) is 36.5 Å². The van der Waals surface area contributed by atoms with E-state index >= 15 is 0 Å². The Morgan fingerprint density at radius 2 is 2.33 bits per heavy atom. The van der Waals surface area contributed by atoms with E-state index in [2.05, 4.69) is 24.1 Å². The van der Waals surface area contributed by atoms with E-state index in [4.69, 9.17) is 0 Å². The number of carbonyl (C=O) groups is 1. The van der Waals surface area contributed by atoms with Crippen molar-refractivity contribution >= 4 is 5.91 Å². The Kier molecular flexibility index (Phi) is 1.65. The lowest BCUT2D eigenvalue weighted by atomic mass is 9.91. The highest BCUT2D eigenvalue weighted by molar-refractivity contribution is 5.79. The van der Waals surface area contributed by atoms with Gasteiger partial charge >= 0.3 is 0 Å². The molecule has 2 fully saturated rings. The van der Waals surface area contributed by atoms with Gasteiger partial charge in [0.1, 0.15) is 0 Å². The predicted octanol–water partition coefficient (Wildman–Crippen LogP) is 0.217. The maximum atomic E-state index is 11.1. The predicted molar refractivity (Wildman–Crippen MR) is 46.8 cm³/mol. The van der Waals surface area contributed by atoms with Gasteiger partial charge in [0, 0.05) is 19.1 Å². The number of nitrogens with one attached hydrogen (secondary N) is 1. The van der Waals surface area contributed by atoms with Crippen molar-refractivity contribution < 1.29 is 4.79 Å². The number of fused-ring (bicyclic) bond motifs is 1. The van der Waals surface area contributed by atoms with Crippen molar-refractivity contribution in [3.63, 3.8) is 0 Å². The maximum Gasteiger partial charge on any atom is 0.234 e. The normalized spacial score (nSPS) is 34.5. The average Bonchev–Trinajstić information content (AvgIpc) is 2.21. The highest BCUT2D eigenvalue weighted by Crippen LogP contribution is 2.34. The van der Waals surface area contributed by atoms with Crippen molar-refractivity contribution in [3.05, 3.63) is 0 Å². The largest absolute Gasteiger partial charge is 0.353 e. The van der Waals surface area contributed by atoms with E-state index in [1.165, 1.54) is 6.42 Å². The van der Waals surface area contributed by atoms with Crippen molar-refractivity contribution in [2.45, 2.75) is 26.3 Å². The molecular formula is C9H16N2O. The first kappa shape index (κ1) is 8.05. The topological polar surface area (TPSA) is 32.3 Å². The SMILES string of the molecule is CC1(C)CC2CNC(=O)CN2C1. The standard InChI is InChI=1S/C9H16N2O/c1-9(2)3-7-4-10-8(12)5-11(7)6-9/h7H,3-6H2,1-2H3,(H,10,12). The number of rotatable bonds is 0. The molecule has 0 bridgehead atoms. The fourth-order valence-corrected chi connectivity index (χ4v) is 2.37. The molecule has 12 heavy (non-hydrogen) atoms. The molecule has 1 atom stereocenters. The molecule has 0 aromatic heterocycles. The summed E-state index contributed by atoms with van der Waals surface area (Å²) in [4.78, 5) is 13.4. The summed E-state index contributed by atoms with van der Waals surface area (Å²) in [5, 5.41) is 2.91. The van der Waals surface area contributed by atoms with Crippen LogP contribution in [0, 0.1) is 5.41 Å². The summed E-state index contributed by atoms with van der Waals surface area (Å²) < 4.78 is 0. The van der Waals surface area contributed by atoms with Gasteiger partial charge in [0.2, 0.25) is 5.91 Å². The third-order valence-electron chi connectivity index (χ3n) is 2.82. The van der Waals surface area contributed by atoms with Crippen LogP contribution in [0.3, 0.4) is 0 Å². The van der Waals surface area contributed by atoms with E-state index in [-0.39, 0.29) is 5.91 Å². The van der Waals surface area contributed by atoms with Crippen molar-refractivity contribution in [3.8, 4) is 0 Å². The molecule has 0 radical (unpaired) electrons. The van der Waals surface area contributed by atoms with Crippen LogP contribution >= 0.6 is 0 Å². The number of hydrogen-bond donors (Lipinski definition) is 1. The molecule has 1 unspecified atom stereocenters. The van der Waals surface area contributed by atoms with Crippen LogP contribution in [0.4, 0.5) is 0 Å². The third-order valence-corrected chi connectivity index (χ3v) is 2.82. The lowest BCUT2D eigenvalue weighted by Gasteiger charge is -2.28. The minimum Gasteiger partial charge on any atom is -0.353 e. The quantitative estimate of drug-likeness (QED) is 0.561. The molecule has 3 nitrogen and oxygen atoms in total. The first-order valence-electron chi connectivity index (χ1n) is 4.58. The number of piperazine rings is 1. The Hall–Kier alpha value is -0.570. The number of amides is 1. The van der Waals surface area contributed by atoms with Gasteiger partial charge in [-0.2, -0.15) is 0 Å². The van der Waals surface area contributed by atoms with Gasteiger partial charge in [0.25, 0.3) is 0 Å². The van der Waals surface area contributed by atoms with Gasteiger partial charge in [-0.1, -0.05) is 13.8 Å². The van der Waals surface area contributed by atoms with E-state index in [9.17, 15) is 4.79 Å². The molecule has 0 aromatic carbocycles. The van der Waals surface area contributed by atoms with Crippen molar-refractivity contribution in [2.24, 2.45) is 5.41 Å². The van der Waals surface area contributed by atoms with E-state index in [0.717, 1.165) is 13.1 Å². The van der Waals surface area contributed by atoms with Crippen LogP contribution in [-0.2, 0) is 4.79 Å². The molecular weight excluding hydrogens is 152 g/mol. The summed E-state index contributed by atoms with van der Waals surface area (Å²) in [5.74, 6) is 0.184. The van der Waals surface area contributed by atoms with Crippen LogP contribution in [0.5, 0.6) is 0 Å². The Morgan fingerprint density at radius 3 is 3.08 bits per heavy atom. The smallest absolute Gasteiger partial charge is 0.234 e.